The molecule has 26 heavy (non-hydrogen) atoms. The molecule has 0 unspecified atom stereocenters. The van der Waals surface area contributed by atoms with E-state index in [-0.39, 0.29) is 12.5 Å². The molecule has 0 spiro atoms. The van der Waals surface area contributed by atoms with Crippen molar-refractivity contribution in [2.24, 2.45) is 4.99 Å². The fourth-order valence-corrected chi connectivity index (χ4v) is 2.57. The van der Waals surface area contributed by atoms with Gasteiger partial charge in [-0.1, -0.05) is 29.3 Å². The maximum Gasteiger partial charge on any atom is 0.243 e. The number of benzene rings is 1. The Labute approximate surface area is 169 Å². The van der Waals surface area contributed by atoms with Crippen LogP contribution in [-0.4, -0.2) is 69.1 Å². The number of carbonyl (C=O) groups excluding carboxylic acids is 1. The van der Waals surface area contributed by atoms with E-state index < -0.39 is 0 Å². The summed E-state index contributed by atoms with van der Waals surface area (Å²) in [6.45, 7) is 2.31. The molecular weight excluding hydrogens is 395 g/mol. The van der Waals surface area contributed by atoms with E-state index in [9.17, 15) is 4.79 Å². The first kappa shape index (κ1) is 22.9. The van der Waals surface area contributed by atoms with E-state index in [1.165, 1.54) is 4.90 Å². The van der Waals surface area contributed by atoms with Crippen molar-refractivity contribution in [3.63, 3.8) is 0 Å². The summed E-state index contributed by atoms with van der Waals surface area (Å²) < 4.78 is 5.63. The summed E-state index contributed by atoms with van der Waals surface area (Å²) in [6.07, 6.45) is 2.04. The molecule has 0 aromatic heterocycles. The Kier molecular flexibility index (Phi) is 11.5. The first-order chi connectivity index (χ1) is 12.4. The van der Waals surface area contributed by atoms with Crippen molar-refractivity contribution < 1.29 is 9.53 Å². The normalized spacial score (nSPS) is 11.3. The predicted molar refractivity (Wildman–Crippen MR) is 112 cm³/mol. The third kappa shape index (κ3) is 9.52. The molecule has 1 aromatic rings. The van der Waals surface area contributed by atoms with Crippen molar-refractivity contribution in [1.82, 2.24) is 15.5 Å². The third-order valence-electron chi connectivity index (χ3n) is 3.28. The van der Waals surface area contributed by atoms with Crippen LogP contribution in [0.15, 0.2) is 23.2 Å². The van der Waals surface area contributed by atoms with Crippen molar-refractivity contribution in [2.45, 2.75) is 6.61 Å². The molecule has 0 atom stereocenters. The molecule has 146 valence electrons. The van der Waals surface area contributed by atoms with Crippen LogP contribution < -0.4 is 10.6 Å². The summed E-state index contributed by atoms with van der Waals surface area (Å²) in [6, 6.07) is 5.33. The zero-order valence-electron chi connectivity index (χ0n) is 15.3. The second kappa shape index (κ2) is 13.1. The van der Waals surface area contributed by atoms with Gasteiger partial charge in [0.15, 0.2) is 5.96 Å². The smallest absolute Gasteiger partial charge is 0.243 e. The number of likely N-dealkylation sites (N-methyl/N-ethyl adjacent to an activating group) is 1. The number of hydrogen-bond acceptors (Lipinski definition) is 4. The molecule has 0 heterocycles. The number of nitrogens with zero attached hydrogens (tertiary/aromatic N) is 2. The highest BCUT2D eigenvalue weighted by Crippen LogP contribution is 2.21. The Balaban J connectivity index is 2.39. The van der Waals surface area contributed by atoms with Crippen molar-refractivity contribution >= 4 is 46.8 Å². The number of guanidine groups is 1. The van der Waals surface area contributed by atoms with E-state index >= 15 is 0 Å². The minimum atomic E-state index is -0.0513. The highest BCUT2D eigenvalue weighted by molar-refractivity contribution is 7.98. The van der Waals surface area contributed by atoms with Gasteiger partial charge in [0.2, 0.25) is 5.91 Å². The quantitative estimate of drug-likeness (QED) is 0.345. The highest BCUT2D eigenvalue weighted by Gasteiger charge is 2.05. The molecule has 0 aliphatic heterocycles. The van der Waals surface area contributed by atoms with Gasteiger partial charge < -0.3 is 20.3 Å². The Hall–Kier alpha value is -1.15. The van der Waals surface area contributed by atoms with E-state index in [1.54, 1.807) is 38.0 Å². The molecule has 1 amide bonds. The van der Waals surface area contributed by atoms with Crippen LogP contribution in [0.4, 0.5) is 0 Å². The summed E-state index contributed by atoms with van der Waals surface area (Å²) in [5.74, 6) is 1.50. The van der Waals surface area contributed by atoms with E-state index in [1.807, 2.05) is 12.3 Å². The van der Waals surface area contributed by atoms with Crippen molar-refractivity contribution in [3.8, 4) is 0 Å². The lowest BCUT2D eigenvalue weighted by Gasteiger charge is -2.14. The molecule has 2 N–H and O–H groups in total. The molecule has 0 fully saturated rings. The largest absolute Gasteiger partial charge is 0.375 e. The number of halogens is 2. The van der Waals surface area contributed by atoms with Gasteiger partial charge >= 0.3 is 0 Å². The molecule has 0 saturated carbocycles. The number of rotatable bonds is 10. The number of ether oxygens (including phenoxy) is 1. The number of aliphatic imine (C=N–C) groups is 1. The summed E-state index contributed by atoms with van der Waals surface area (Å²) in [7, 11) is 3.42. The molecule has 1 aromatic carbocycles. The van der Waals surface area contributed by atoms with Crippen LogP contribution in [0, 0.1) is 0 Å². The van der Waals surface area contributed by atoms with Crippen molar-refractivity contribution in [3.05, 3.63) is 33.8 Å². The molecule has 0 aliphatic rings. The van der Waals surface area contributed by atoms with Crippen LogP contribution in [-0.2, 0) is 16.1 Å². The fourth-order valence-electron chi connectivity index (χ4n) is 1.80. The Bertz CT molecular complexity index is 600. The third-order valence-corrected chi connectivity index (χ3v) is 4.48. The van der Waals surface area contributed by atoms with Gasteiger partial charge in [-0.05, 0) is 24.0 Å². The summed E-state index contributed by atoms with van der Waals surface area (Å²) in [4.78, 5) is 17.5. The van der Waals surface area contributed by atoms with Gasteiger partial charge in [-0.3, -0.25) is 4.79 Å². The van der Waals surface area contributed by atoms with Gasteiger partial charge in [-0.2, -0.15) is 11.8 Å². The van der Waals surface area contributed by atoms with Crippen molar-refractivity contribution in [2.75, 3.05) is 52.3 Å². The first-order valence-electron chi connectivity index (χ1n) is 8.17. The number of thioether (sulfide) groups is 1. The first-order valence-corrected chi connectivity index (χ1v) is 10.3. The summed E-state index contributed by atoms with van der Waals surface area (Å²) in [5.41, 5.74) is 0.889. The van der Waals surface area contributed by atoms with E-state index in [0.29, 0.717) is 35.8 Å². The Morgan fingerprint density at radius 1 is 1.27 bits per heavy atom. The van der Waals surface area contributed by atoms with Crippen LogP contribution in [0.5, 0.6) is 0 Å². The van der Waals surface area contributed by atoms with Crippen LogP contribution in [0.2, 0.25) is 10.0 Å². The van der Waals surface area contributed by atoms with Crippen LogP contribution >= 0.6 is 35.0 Å². The zero-order chi connectivity index (χ0) is 19.4. The summed E-state index contributed by atoms with van der Waals surface area (Å²) >= 11 is 13.7. The maximum absolute atomic E-state index is 11.7. The Morgan fingerprint density at radius 2 is 2.00 bits per heavy atom. The average Bonchev–Trinajstić information content (AvgIpc) is 2.60. The number of nitrogens with one attached hydrogen (secondary N) is 2. The number of amides is 1. The highest BCUT2D eigenvalue weighted by atomic mass is 35.5. The van der Waals surface area contributed by atoms with Crippen LogP contribution in [0.3, 0.4) is 0 Å². The van der Waals surface area contributed by atoms with Gasteiger partial charge in [0.25, 0.3) is 0 Å². The predicted octanol–water partition coefficient (Wildman–Crippen LogP) is 2.50. The number of hydrogen-bond donors (Lipinski definition) is 2. The molecule has 1 rings (SSSR count). The van der Waals surface area contributed by atoms with Gasteiger partial charge in [-0.25, -0.2) is 4.99 Å². The topological polar surface area (TPSA) is 66.0 Å². The molecule has 0 saturated heterocycles. The van der Waals surface area contributed by atoms with Gasteiger partial charge in [0.1, 0.15) is 6.54 Å². The SMILES string of the molecule is CSCCNC(=NCC(=O)N(C)C)NCCOCc1ccc(Cl)cc1Cl. The minimum absolute atomic E-state index is 0.0513. The lowest BCUT2D eigenvalue weighted by molar-refractivity contribution is -0.127. The fraction of sp³-hybridized carbons (Fsp3) is 0.529. The van der Waals surface area contributed by atoms with E-state index in [2.05, 4.69) is 15.6 Å². The zero-order valence-corrected chi connectivity index (χ0v) is 17.7. The second-order valence-electron chi connectivity index (χ2n) is 5.59. The van der Waals surface area contributed by atoms with E-state index in [0.717, 1.165) is 17.9 Å². The summed E-state index contributed by atoms with van der Waals surface area (Å²) in [5, 5.41) is 7.55. The minimum Gasteiger partial charge on any atom is -0.375 e. The molecule has 9 heteroatoms. The molecule has 6 nitrogen and oxygen atoms in total. The monoisotopic (exact) mass is 420 g/mol. The molecule has 0 bridgehead atoms. The average molecular weight is 421 g/mol. The molecule has 0 radical (unpaired) electrons. The van der Waals surface area contributed by atoms with Crippen LogP contribution in [0.1, 0.15) is 5.56 Å². The van der Waals surface area contributed by atoms with Crippen molar-refractivity contribution in [1.29, 1.82) is 0 Å². The molecule has 0 aliphatic carbocycles. The standard InChI is InChI=1S/C17H26Cl2N4O2S/c1-23(2)16(24)11-22-17(21-7-9-26-3)20-6-8-25-12-13-4-5-14(18)10-15(13)19/h4-5,10H,6-9,11-12H2,1-3H3,(H2,20,21,22). The van der Waals surface area contributed by atoms with E-state index in [4.69, 9.17) is 27.9 Å². The van der Waals surface area contributed by atoms with Gasteiger partial charge in [-0.15, -0.1) is 0 Å². The lowest BCUT2D eigenvalue weighted by atomic mass is 10.2. The maximum atomic E-state index is 11.7. The molecular formula is C17H26Cl2N4O2S. The van der Waals surface area contributed by atoms with Crippen LogP contribution in [0.25, 0.3) is 0 Å². The van der Waals surface area contributed by atoms with Gasteiger partial charge in [0, 0.05) is 43.0 Å². The second-order valence-corrected chi connectivity index (χ2v) is 7.42. The number of carbonyl (C=O) groups is 1. The van der Waals surface area contributed by atoms with Gasteiger partial charge in [0.05, 0.1) is 13.2 Å². The lowest BCUT2D eigenvalue weighted by Crippen LogP contribution is -2.41. The Morgan fingerprint density at radius 3 is 2.65 bits per heavy atom.